The Morgan fingerprint density at radius 1 is 1.39 bits per heavy atom. The van der Waals surface area contributed by atoms with E-state index in [1.807, 2.05) is 19.9 Å². The van der Waals surface area contributed by atoms with E-state index in [2.05, 4.69) is 10.3 Å². The van der Waals surface area contributed by atoms with Crippen LogP contribution in [0.1, 0.15) is 32.3 Å². The lowest BCUT2D eigenvalue weighted by atomic mass is 10.2. The summed E-state index contributed by atoms with van der Waals surface area (Å²) in [5.74, 6) is 0.859. The summed E-state index contributed by atoms with van der Waals surface area (Å²) in [6.07, 6.45) is 6.42. The van der Waals surface area contributed by atoms with E-state index in [1.165, 1.54) is 18.4 Å². The van der Waals surface area contributed by atoms with Crippen molar-refractivity contribution in [2.45, 2.75) is 45.4 Å². The van der Waals surface area contributed by atoms with Gasteiger partial charge in [0.15, 0.2) is 0 Å². The second kappa shape index (κ2) is 6.71. The Morgan fingerprint density at radius 3 is 2.94 bits per heavy atom. The molecule has 0 radical (unpaired) electrons. The Bertz CT molecular complexity index is 365. The molecule has 1 aliphatic rings. The number of ether oxygens (including phenoxy) is 2. The fourth-order valence-corrected chi connectivity index (χ4v) is 1.66. The van der Waals surface area contributed by atoms with Crippen molar-refractivity contribution in [3.63, 3.8) is 0 Å². The summed E-state index contributed by atoms with van der Waals surface area (Å²) >= 11 is 0. The maximum Gasteiger partial charge on any atom is 0.142 e. The molecule has 1 aromatic heterocycles. The first-order valence-corrected chi connectivity index (χ1v) is 6.66. The lowest BCUT2D eigenvalue weighted by Gasteiger charge is -2.12. The van der Waals surface area contributed by atoms with Gasteiger partial charge in [0.25, 0.3) is 0 Å². The number of rotatable bonds is 8. The maximum absolute atomic E-state index is 5.71. The lowest BCUT2D eigenvalue weighted by Crippen LogP contribution is -2.17. The molecule has 100 valence electrons. The first-order chi connectivity index (χ1) is 8.75. The molecule has 0 amide bonds. The van der Waals surface area contributed by atoms with E-state index >= 15 is 0 Å². The highest BCUT2D eigenvalue weighted by Crippen LogP contribution is 2.21. The molecule has 0 spiro atoms. The summed E-state index contributed by atoms with van der Waals surface area (Å²) in [5.41, 5.74) is 1.17. The normalized spacial score (nSPS) is 15.1. The number of hydrogen-bond donors (Lipinski definition) is 1. The van der Waals surface area contributed by atoms with Crippen LogP contribution in [0, 0.1) is 0 Å². The predicted octanol–water partition coefficient (Wildman–Crippen LogP) is 2.14. The summed E-state index contributed by atoms with van der Waals surface area (Å²) in [7, 11) is 0. The minimum Gasteiger partial charge on any atom is -0.489 e. The molecule has 0 saturated heterocycles. The largest absolute Gasteiger partial charge is 0.489 e. The van der Waals surface area contributed by atoms with Gasteiger partial charge in [0, 0.05) is 24.3 Å². The smallest absolute Gasteiger partial charge is 0.142 e. The van der Waals surface area contributed by atoms with Crippen molar-refractivity contribution in [3.05, 3.63) is 24.0 Å². The molecule has 4 nitrogen and oxygen atoms in total. The Labute approximate surface area is 109 Å². The minimum atomic E-state index is 0.249. The van der Waals surface area contributed by atoms with Crippen LogP contribution in [0.4, 0.5) is 0 Å². The van der Waals surface area contributed by atoms with Crippen LogP contribution in [0.15, 0.2) is 18.5 Å². The molecule has 0 bridgehead atoms. The molecular weight excluding hydrogens is 228 g/mol. The van der Waals surface area contributed by atoms with Crippen molar-refractivity contribution in [1.82, 2.24) is 10.3 Å². The summed E-state index contributed by atoms with van der Waals surface area (Å²) in [6.45, 7) is 6.08. The van der Waals surface area contributed by atoms with Crippen LogP contribution in [0.5, 0.6) is 5.75 Å². The predicted molar refractivity (Wildman–Crippen MR) is 70.7 cm³/mol. The van der Waals surface area contributed by atoms with E-state index in [0.717, 1.165) is 12.3 Å². The van der Waals surface area contributed by atoms with E-state index in [1.54, 1.807) is 12.4 Å². The third-order valence-corrected chi connectivity index (χ3v) is 2.82. The number of nitrogens with zero attached hydrogens (tertiary/aromatic N) is 1. The number of aromatic nitrogens is 1. The van der Waals surface area contributed by atoms with Crippen LogP contribution >= 0.6 is 0 Å². The maximum atomic E-state index is 5.71. The summed E-state index contributed by atoms with van der Waals surface area (Å²) < 4.78 is 11.2. The Hall–Kier alpha value is -1.13. The molecule has 0 aromatic carbocycles. The van der Waals surface area contributed by atoms with Gasteiger partial charge in [-0.2, -0.15) is 0 Å². The fourth-order valence-electron chi connectivity index (χ4n) is 1.66. The highest BCUT2D eigenvalue weighted by atomic mass is 16.5. The zero-order chi connectivity index (χ0) is 12.8. The van der Waals surface area contributed by atoms with Gasteiger partial charge in [0.2, 0.25) is 0 Å². The first kappa shape index (κ1) is 13.3. The number of hydrogen-bond acceptors (Lipinski definition) is 4. The molecule has 18 heavy (non-hydrogen) atoms. The van der Waals surface area contributed by atoms with Gasteiger partial charge in [-0.05, 0) is 32.8 Å². The summed E-state index contributed by atoms with van der Waals surface area (Å²) in [5, 5.41) is 3.48. The van der Waals surface area contributed by atoms with Crippen LogP contribution in [0.3, 0.4) is 0 Å². The average Bonchev–Trinajstić information content (AvgIpc) is 3.17. The van der Waals surface area contributed by atoms with Gasteiger partial charge in [0.1, 0.15) is 12.4 Å². The molecule has 0 aliphatic heterocycles. The van der Waals surface area contributed by atoms with Crippen LogP contribution in [0.2, 0.25) is 0 Å². The summed E-state index contributed by atoms with van der Waals surface area (Å²) in [4.78, 5) is 4.11. The molecule has 1 heterocycles. The highest BCUT2D eigenvalue weighted by molar-refractivity contribution is 5.29. The Kier molecular flexibility index (Phi) is 4.96. The van der Waals surface area contributed by atoms with Gasteiger partial charge in [-0.25, -0.2) is 0 Å². The van der Waals surface area contributed by atoms with E-state index in [0.29, 0.717) is 19.3 Å². The van der Waals surface area contributed by atoms with Crippen molar-refractivity contribution in [2.24, 2.45) is 0 Å². The van der Waals surface area contributed by atoms with Crippen molar-refractivity contribution in [2.75, 3.05) is 13.2 Å². The first-order valence-electron chi connectivity index (χ1n) is 6.66. The topological polar surface area (TPSA) is 43.4 Å². The molecule has 1 N–H and O–H groups in total. The molecule has 1 aliphatic carbocycles. The quantitative estimate of drug-likeness (QED) is 0.718. The molecule has 1 aromatic rings. The van der Waals surface area contributed by atoms with Crippen LogP contribution < -0.4 is 10.1 Å². The zero-order valence-corrected chi connectivity index (χ0v) is 11.2. The average molecular weight is 250 g/mol. The third kappa shape index (κ3) is 4.63. The van der Waals surface area contributed by atoms with E-state index < -0.39 is 0 Å². The van der Waals surface area contributed by atoms with Crippen molar-refractivity contribution >= 4 is 0 Å². The third-order valence-electron chi connectivity index (χ3n) is 2.82. The Balaban J connectivity index is 1.78. The fraction of sp³-hybridized carbons (Fsp3) is 0.643. The van der Waals surface area contributed by atoms with Gasteiger partial charge >= 0.3 is 0 Å². The van der Waals surface area contributed by atoms with Crippen molar-refractivity contribution in [3.8, 4) is 5.75 Å². The minimum absolute atomic E-state index is 0.249. The second-order valence-corrected chi connectivity index (χ2v) is 4.91. The molecule has 0 unspecified atom stereocenters. The van der Waals surface area contributed by atoms with Gasteiger partial charge in [0.05, 0.1) is 18.9 Å². The zero-order valence-electron chi connectivity index (χ0n) is 11.2. The van der Waals surface area contributed by atoms with Crippen molar-refractivity contribution in [1.29, 1.82) is 0 Å². The molecular formula is C14H22N2O2. The highest BCUT2D eigenvalue weighted by Gasteiger charge is 2.20. The van der Waals surface area contributed by atoms with Crippen LogP contribution in [-0.2, 0) is 11.3 Å². The van der Waals surface area contributed by atoms with Gasteiger partial charge in [-0.3, -0.25) is 4.98 Å². The molecule has 1 saturated carbocycles. The summed E-state index contributed by atoms with van der Waals surface area (Å²) in [6, 6.07) is 2.71. The number of pyridine rings is 1. The molecule has 0 atom stereocenters. The standard InChI is InChI=1S/C14H22N2O2/c1-11(2)17-7-8-18-14-10-15-6-5-12(14)9-16-13-3-4-13/h5-6,10-11,13,16H,3-4,7-9H2,1-2H3. The van der Waals surface area contributed by atoms with Gasteiger partial charge in [-0.1, -0.05) is 0 Å². The van der Waals surface area contributed by atoms with Gasteiger partial charge < -0.3 is 14.8 Å². The molecule has 2 rings (SSSR count). The molecule has 4 heteroatoms. The second-order valence-electron chi connectivity index (χ2n) is 4.91. The molecule has 1 fully saturated rings. The lowest BCUT2D eigenvalue weighted by molar-refractivity contribution is 0.0549. The SMILES string of the molecule is CC(C)OCCOc1cnccc1CNC1CC1. The Morgan fingerprint density at radius 2 is 2.22 bits per heavy atom. The van der Waals surface area contributed by atoms with E-state index in [9.17, 15) is 0 Å². The van der Waals surface area contributed by atoms with E-state index in [4.69, 9.17) is 9.47 Å². The monoisotopic (exact) mass is 250 g/mol. The number of nitrogens with one attached hydrogen (secondary N) is 1. The van der Waals surface area contributed by atoms with Crippen LogP contribution in [-0.4, -0.2) is 30.3 Å². The van der Waals surface area contributed by atoms with Gasteiger partial charge in [-0.15, -0.1) is 0 Å². The van der Waals surface area contributed by atoms with Crippen LogP contribution in [0.25, 0.3) is 0 Å². The van der Waals surface area contributed by atoms with Crippen molar-refractivity contribution < 1.29 is 9.47 Å². The van der Waals surface area contributed by atoms with E-state index in [-0.39, 0.29) is 6.10 Å².